The lowest BCUT2D eigenvalue weighted by atomic mass is 9.33. The minimum atomic E-state index is 0.0983. The average molecular weight is 587 g/mol. The van der Waals surface area contributed by atoms with E-state index >= 15 is 0 Å². The van der Waals surface area contributed by atoms with Gasteiger partial charge in [0.15, 0.2) is 0 Å². The van der Waals surface area contributed by atoms with Crippen LogP contribution in [0.1, 0.15) is 5.56 Å². The van der Waals surface area contributed by atoms with Crippen molar-refractivity contribution in [2.45, 2.75) is 6.92 Å². The number of para-hydroxylation sites is 2. The third kappa shape index (κ3) is 4.13. The highest BCUT2D eigenvalue weighted by molar-refractivity contribution is 7.00. The Balaban J connectivity index is 1.31. The fraction of sp³-hybridized carbons (Fsp3) is 0.0233. The van der Waals surface area contributed by atoms with Crippen LogP contribution in [0.25, 0.3) is 22.3 Å². The van der Waals surface area contributed by atoms with Crippen LogP contribution in [-0.4, -0.2) is 6.71 Å². The van der Waals surface area contributed by atoms with Gasteiger partial charge in [-0.2, -0.15) is 0 Å². The zero-order valence-electron chi connectivity index (χ0n) is 25.6. The molecule has 0 fully saturated rings. The molecule has 2 aliphatic heterocycles. The van der Waals surface area contributed by atoms with Gasteiger partial charge in [0, 0.05) is 34.1 Å². The predicted molar refractivity (Wildman–Crippen MR) is 196 cm³/mol. The van der Waals surface area contributed by atoms with Gasteiger partial charge in [0.05, 0.1) is 0 Å². The maximum atomic E-state index is 2.47. The van der Waals surface area contributed by atoms with Crippen LogP contribution in [0.5, 0.6) is 0 Å². The average Bonchev–Trinajstić information content (AvgIpc) is 3.13. The van der Waals surface area contributed by atoms with Gasteiger partial charge in [-0.25, -0.2) is 0 Å². The van der Waals surface area contributed by atoms with E-state index in [1.807, 2.05) is 0 Å². The number of benzene rings is 7. The normalized spacial score (nSPS) is 12.8. The molecule has 0 bridgehead atoms. The van der Waals surface area contributed by atoms with E-state index in [0.717, 1.165) is 5.69 Å². The Kier molecular flexibility index (Phi) is 6.17. The quantitative estimate of drug-likeness (QED) is 0.190. The lowest BCUT2D eigenvalue weighted by Crippen LogP contribution is -2.61. The van der Waals surface area contributed by atoms with Crippen LogP contribution in [0.4, 0.5) is 34.1 Å². The molecule has 2 nitrogen and oxygen atoms in total. The van der Waals surface area contributed by atoms with Gasteiger partial charge in [-0.3, -0.25) is 0 Å². The van der Waals surface area contributed by atoms with Crippen molar-refractivity contribution >= 4 is 57.2 Å². The molecule has 0 amide bonds. The molecular weight excluding hydrogens is 555 g/mol. The van der Waals surface area contributed by atoms with E-state index in [2.05, 4.69) is 187 Å². The van der Waals surface area contributed by atoms with Gasteiger partial charge in [0.25, 0.3) is 6.71 Å². The SMILES string of the molecule is Cc1ccccc1N1c2ccccc2B2c3cc(-c4ccccc4)ccc3N(c3ccc(-c4ccccc4)cc3)c3cccc1c32. The maximum Gasteiger partial charge on any atom is 0.252 e. The van der Waals surface area contributed by atoms with Crippen LogP contribution in [0.3, 0.4) is 0 Å². The second-order valence-corrected chi connectivity index (χ2v) is 12.2. The van der Waals surface area contributed by atoms with E-state index in [4.69, 9.17) is 0 Å². The number of hydrogen-bond donors (Lipinski definition) is 0. The molecule has 2 heterocycles. The summed E-state index contributed by atoms with van der Waals surface area (Å²) in [5.41, 5.74) is 17.4. The first kappa shape index (κ1) is 26.6. The summed E-state index contributed by atoms with van der Waals surface area (Å²) in [5, 5.41) is 0. The number of rotatable bonds is 4. The molecule has 3 heteroatoms. The second kappa shape index (κ2) is 10.7. The van der Waals surface area contributed by atoms with Crippen molar-refractivity contribution in [3.8, 4) is 22.3 Å². The molecular formula is C43H31BN2. The number of nitrogens with zero attached hydrogens (tertiary/aromatic N) is 2. The maximum absolute atomic E-state index is 2.47. The molecule has 0 spiro atoms. The van der Waals surface area contributed by atoms with Gasteiger partial charge in [-0.15, -0.1) is 0 Å². The molecule has 2 aliphatic rings. The summed E-state index contributed by atoms with van der Waals surface area (Å²) in [6.45, 7) is 2.31. The zero-order chi connectivity index (χ0) is 30.6. The van der Waals surface area contributed by atoms with Crippen molar-refractivity contribution in [1.29, 1.82) is 0 Å². The van der Waals surface area contributed by atoms with Gasteiger partial charge in [-0.1, -0.05) is 127 Å². The van der Waals surface area contributed by atoms with Gasteiger partial charge in [-0.05, 0) is 93.6 Å². The molecule has 0 unspecified atom stereocenters. The van der Waals surface area contributed by atoms with Gasteiger partial charge in [0.2, 0.25) is 0 Å². The van der Waals surface area contributed by atoms with E-state index in [1.165, 1.54) is 72.6 Å². The summed E-state index contributed by atoms with van der Waals surface area (Å²) >= 11 is 0. The van der Waals surface area contributed by atoms with Gasteiger partial charge >= 0.3 is 0 Å². The van der Waals surface area contributed by atoms with E-state index in [1.54, 1.807) is 0 Å². The van der Waals surface area contributed by atoms with Crippen LogP contribution in [-0.2, 0) is 0 Å². The number of hydrogen-bond acceptors (Lipinski definition) is 2. The molecule has 46 heavy (non-hydrogen) atoms. The Morgan fingerprint density at radius 1 is 0.370 bits per heavy atom. The Bertz CT molecular complexity index is 2230. The predicted octanol–water partition coefficient (Wildman–Crippen LogP) is 9.41. The van der Waals surface area contributed by atoms with Gasteiger partial charge < -0.3 is 9.80 Å². The fourth-order valence-corrected chi connectivity index (χ4v) is 7.49. The van der Waals surface area contributed by atoms with Crippen molar-refractivity contribution in [2.24, 2.45) is 0 Å². The van der Waals surface area contributed by atoms with E-state index in [9.17, 15) is 0 Å². The monoisotopic (exact) mass is 586 g/mol. The molecule has 0 N–H and O–H groups in total. The molecule has 0 atom stereocenters. The van der Waals surface area contributed by atoms with Crippen LogP contribution in [0, 0.1) is 6.92 Å². The minimum Gasteiger partial charge on any atom is -0.311 e. The Labute approximate surface area is 270 Å². The van der Waals surface area contributed by atoms with Gasteiger partial charge in [0.1, 0.15) is 0 Å². The molecule has 7 aromatic rings. The van der Waals surface area contributed by atoms with E-state index in [-0.39, 0.29) is 6.71 Å². The third-order valence-electron chi connectivity index (χ3n) is 9.59. The topological polar surface area (TPSA) is 6.48 Å². The van der Waals surface area contributed by atoms with Crippen molar-refractivity contribution in [1.82, 2.24) is 0 Å². The standard InChI is InChI=1S/C43H31BN2/c1-30-13-8-10-19-38(30)46-39-20-11-9-18-36(39)44-37-29-34(32-16-6-3-7-17-32)25-28-40(37)45(41-21-12-22-42(46)43(41)44)35-26-23-33(24-27-35)31-14-4-2-5-15-31/h2-29H,1H3. The first-order valence-corrected chi connectivity index (χ1v) is 16.0. The third-order valence-corrected chi connectivity index (χ3v) is 9.59. The molecule has 9 rings (SSSR count). The molecule has 0 aromatic heterocycles. The Hall–Kier alpha value is -5.80. The second-order valence-electron chi connectivity index (χ2n) is 12.2. The van der Waals surface area contributed by atoms with E-state index < -0.39 is 0 Å². The highest BCUT2D eigenvalue weighted by Crippen LogP contribution is 2.45. The summed E-state index contributed by atoms with van der Waals surface area (Å²) in [6.07, 6.45) is 0. The molecule has 0 radical (unpaired) electrons. The van der Waals surface area contributed by atoms with Crippen LogP contribution >= 0.6 is 0 Å². The van der Waals surface area contributed by atoms with E-state index in [0.29, 0.717) is 0 Å². The highest BCUT2D eigenvalue weighted by atomic mass is 15.2. The van der Waals surface area contributed by atoms with Crippen LogP contribution in [0.2, 0.25) is 0 Å². The molecule has 0 aliphatic carbocycles. The Morgan fingerprint density at radius 3 is 1.61 bits per heavy atom. The van der Waals surface area contributed by atoms with Crippen molar-refractivity contribution < 1.29 is 0 Å². The number of fused-ring (bicyclic) bond motifs is 4. The molecule has 0 saturated carbocycles. The summed E-state index contributed by atoms with van der Waals surface area (Å²) in [7, 11) is 0. The number of anilines is 6. The first-order chi connectivity index (χ1) is 22.8. The van der Waals surface area contributed by atoms with Crippen molar-refractivity contribution in [3.05, 3.63) is 175 Å². The molecule has 7 aromatic carbocycles. The fourth-order valence-electron chi connectivity index (χ4n) is 7.49. The largest absolute Gasteiger partial charge is 0.311 e. The smallest absolute Gasteiger partial charge is 0.252 e. The highest BCUT2D eigenvalue weighted by Gasteiger charge is 2.43. The lowest BCUT2D eigenvalue weighted by Gasteiger charge is -2.44. The first-order valence-electron chi connectivity index (χ1n) is 16.0. The zero-order valence-corrected chi connectivity index (χ0v) is 25.6. The minimum absolute atomic E-state index is 0.0983. The lowest BCUT2D eigenvalue weighted by molar-refractivity contribution is 1.24. The Morgan fingerprint density at radius 2 is 0.891 bits per heavy atom. The van der Waals surface area contributed by atoms with Crippen molar-refractivity contribution in [3.63, 3.8) is 0 Å². The van der Waals surface area contributed by atoms with Crippen LogP contribution < -0.4 is 26.2 Å². The van der Waals surface area contributed by atoms with Crippen LogP contribution in [0.15, 0.2) is 170 Å². The van der Waals surface area contributed by atoms with Crippen molar-refractivity contribution in [2.75, 3.05) is 9.80 Å². The molecule has 0 saturated heterocycles. The summed E-state index contributed by atoms with van der Waals surface area (Å²) in [5.74, 6) is 0. The summed E-state index contributed by atoms with van der Waals surface area (Å²) < 4.78 is 0. The summed E-state index contributed by atoms with van der Waals surface area (Å²) in [6, 6.07) is 62.0. The molecule has 216 valence electrons. The summed E-state index contributed by atoms with van der Waals surface area (Å²) in [4.78, 5) is 4.95. The number of aryl methyl sites for hydroxylation is 1.